The van der Waals surface area contributed by atoms with E-state index in [4.69, 9.17) is 5.10 Å². The number of urea groups is 1. The second-order valence-electron chi connectivity index (χ2n) is 10.3. The largest absolute Gasteiger partial charge is 0.322 e. The van der Waals surface area contributed by atoms with Crippen molar-refractivity contribution in [2.75, 3.05) is 23.7 Å². The van der Waals surface area contributed by atoms with Crippen LogP contribution in [0.4, 0.5) is 16.3 Å². The van der Waals surface area contributed by atoms with E-state index in [9.17, 15) is 9.59 Å². The number of carbonyl (C=O) groups excluding carboxylic acids is 2. The van der Waals surface area contributed by atoms with E-state index in [2.05, 4.69) is 51.3 Å². The molecular formula is C29H39N5O2. The number of hydrogen-bond donors (Lipinski definition) is 2. The first-order valence-corrected chi connectivity index (χ1v) is 12.7. The van der Waals surface area contributed by atoms with E-state index in [-0.39, 0.29) is 23.9 Å². The summed E-state index contributed by atoms with van der Waals surface area (Å²) in [6.45, 7) is 12.9. The van der Waals surface area contributed by atoms with Crippen molar-refractivity contribution in [3.05, 3.63) is 71.4 Å². The highest BCUT2D eigenvalue weighted by atomic mass is 16.2. The molecule has 1 aromatic heterocycles. The molecular weight excluding hydrogens is 450 g/mol. The first kappa shape index (κ1) is 27.0. The third-order valence-electron chi connectivity index (χ3n) is 6.00. The van der Waals surface area contributed by atoms with Crippen molar-refractivity contribution < 1.29 is 9.59 Å². The predicted molar refractivity (Wildman–Crippen MR) is 147 cm³/mol. The zero-order valence-electron chi connectivity index (χ0n) is 22.4. The van der Waals surface area contributed by atoms with E-state index in [0.29, 0.717) is 18.1 Å². The van der Waals surface area contributed by atoms with E-state index in [1.165, 1.54) is 0 Å². The molecule has 0 unspecified atom stereocenters. The van der Waals surface area contributed by atoms with Crippen LogP contribution in [-0.4, -0.2) is 39.7 Å². The molecule has 3 amide bonds. The summed E-state index contributed by atoms with van der Waals surface area (Å²) in [7, 11) is 0. The molecule has 0 saturated heterocycles. The molecule has 36 heavy (non-hydrogen) atoms. The number of aryl methyl sites for hydroxylation is 2. The minimum absolute atomic E-state index is 0.0503. The van der Waals surface area contributed by atoms with E-state index in [1.54, 1.807) is 9.58 Å². The van der Waals surface area contributed by atoms with Gasteiger partial charge in [0.1, 0.15) is 12.4 Å². The summed E-state index contributed by atoms with van der Waals surface area (Å²) < 4.78 is 1.79. The first-order valence-electron chi connectivity index (χ1n) is 12.7. The van der Waals surface area contributed by atoms with Gasteiger partial charge in [-0.05, 0) is 44.0 Å². The van der Waals surface area contributed by atoms with Gasteiger partial charge in [-0.3, -0.25) is 4.79 Å². The number of unbranched alkanes of at least 4 members (excludes halogenated alkanes) is 2. The molecule has 0 atom stereocenters. The smallest absolute Gasteiger partial charge is 0.315 e. The molecule has 0 radical (unpaired) electrons. The SMILES string of the molecule is CCCCCN(CC(=O)Nc1cc(C(C)(C)C)nn1-c1ccc(C)cc1C)C(=O)Nc1ccccc1. The van der Waals surface area contributed by atoms with Gasteiger partial charge in [-0.25, -0.2) is 9.48 Å². The number of rotatable bonds is 9. The van der Waals surface area contributed by atoms with Crippen LogP contribution in [0.15, 0.2) is 54.6 Å². The fraction of sp³-hybridized carbons (Fsp3) is 0.414. The van der Waals surface area contributed by atoms with Gasteiger partial charge >= 0.3 is 6.03 Å². The van der Waals surface area contributed by atoms with Crippen LogP contribution in [0.25, 0.3) is 5.69 Å². The van der Waals surface area contributed by atoms with Gasteiger partial charge in [0, 0.05) is 23.7 Å². The minimum Gasteiger partial charge on any atom is -0.315 e. The molecule has 0 bridgehead atoms. The number of hydrogen-bond acceptors (Lipinski definition) is 3. The normalized spacial score (nSPS) is 11.3. The highest BCUT2D eigenvalue weighted by molar-refractivity contribution is 5.96. The number of aromatic nitrogens is 2. The average Bonchev–Trinajstić information content (AvgIpc) is 3.23. The van der Waals surface area contributed by atoms with Crippen LogP contribution in [0.3, 0.4) is 0 Å². The standard InChI is InChI=1S/C29H39N5O2/c1-7-8-12-17-33(28(36)30-23-13-10-9-11-14-23)20-27(35)31-26-19-25(29(4,5)6)32-34(26)24-16-15-21(2)18-22(24)3/h9-11,13-16,18-19H,7-8,12,17,20H2,1-6H3,(H,30,36)(H,31,35). The molecule has 7 nitrogen and oxygen atoms in total. The number of benzene rings is 2. The van der Waals surface area contributed by atoms with Gasteiger partial charge in [-0.1, -0.05) is 76.4 Å². The van der Waals surface area contributed by atoms with Gasteiger partial charge in [0.05, 0.1) is 11.4 Å². The lowest BCUT2D eigenvalue weighted by molar-refractivity contribution is -0.116. The molecule has 0 aliphatic rings. The highest BCUT2D eigenvalue weighted by Gasteiger charge is 2.23. The van der Waals surface area contributed by atoms with Gasteiger partial charge in [-0.15, -0.1) is 0 Å². The van der Waals surface area contributed by atoms with Gasteiger partial charge < -0.3 is 15.5 Å². The van der Waals surface area contributed by atoms with Gasteiger partial charge in [0.2, 0.25) is 5.91 Å². The number of carbonyl (C=O) groups is 2. The predicted octanol–water partition coefficient (Wildman–Crippen LogP) is 6.45. The second kappa shape index (κ2) is 11.9. The molecule has 0 fully saturated rings. The first-order chi connectivity index (χ1) is 17.1. The van der Waals surface area contributed by atoms with Crippen LogP contribution < -0.4 is 10.6 Å². The molecule has 3 aromatic rings. The van der Waals surface area contributed by atoms with Crippen molar-refractivity contribution >= 4 is 23.4 Å². The average molecular weight is 490 g/mol. The zero-order chi connectivity index (χ0) is 26.3. The minimum atomic E-state index is -0.286. The number of para-hydroxylation sites is 1. The lowest BCUT2D eigenvalue weighted by Gasteiger charge is -2.23. The Labute approximate surface area is 214 Å². The summed E-state index contributed by atoms with van der Waals surface area (Å²) in [6.07, 6.45) is 2.86. The molecule has 7 heteroatoms. The monoisotopic (exact) mass is 489 g/mol. The van der Waals surface area contributed by atoms with Crippen LogP contribution in [-0.2, 0) is 10.2 Å². The lowest BCUT2D eigenvalue weighted by atomic mass is 9.92. The fourth-order valence-electron chi connectivity index (χ4n) is 3.95. The molecule has 192 valence electrons. The molecule has 0 saturated carbocycles. The molecule has 1 heterocycles. The van der Waals surface area contributed by atoms with Crippen molar-refractivity contribution in [2.45, 2.75) is 66.2 Å². The Kier molecular flexibility index (Phi) is 8.91. The summed E-state index contributed by atoms with van der Waals surface area (Å²) in [4.78, 5) is 27.8. The fourth-order valence-corrected chi connectivity index (χ4v) is 3.95. The van der Waals surface area contributed by atoms with E-state index < -0.39 is 0 Å². The van der Waals surface area contributed by atoms with E-state index >= 15 is 0 Å². The molecule has 2 N–H and O–H groups in total. The Morgan fingerprint density at radius 2 is 1.69 bits per heavy atom. The lowest BCUT2D eigenvalue weighted by Crippen LogP contribution is -2.41. The van der Waals surface area contributed by atoms with Crippen LogP contribution in [0, 0.1) is 13.8 Å². The van der Waals surface area contributed by atoms with Gasteiger partial charge in [-0.2, -0.15) is 5.10 Å². The number of anilines is 2. The van der Waals surface area contributed by atoms with Gasteiger partial charge in [0.25, 0.3) is 0 Å². The third-order valence-corrected chi connectivity index (χ3v) is 6.00. The molecule has 0 spiro atoms. The number of nitrogens with zero attached hydrogens (tertiary/aromatic N) is 3. The van der Waals surface area contributed by atoms with Crippen molar-refractivity contribution in [1.29, 1.82) is 0 Å². The molecule has 2 aromatic carbocycles. The molecule has 3 rings (SSSR count). The quantitative estimate of drug-likeness (QED) is 0.339. The Bertz CT molecular complexity index is 1180. The van der Waals surface area contributed by atoms with Crippen LogP contribution >= 0.6 is 0 Å². The van der Waals surface area contributed by atoms with E-state index in [1.807, 2.05) is 55.5 Å². The molecule has 0 aliphatic heterocycles. The second-order valence-corrected chi connectivity index (χ2v) is 10.3. The number of amides is 3. The Morgan fingerprint density at radius 1 is 0.972 bits per heavy atom. The Balaban J connectivity index is 1.83. The topological polar surface area (TPSA) is 79.3 Å². The van der Waals surface area contributed by atoms with Crippen molar-refractivity contribution in [1.82, 2.24) is 14.7 Å². The zero-order valence-corrected chi connectivity index (χ0v) is 22.4. The van der Waals surface area contributed by atoms with E-state index in [0.717, 1.165) is 41.8 Å². The van der Waals surface area contributed by atoms with Gasteiger partial charge in [0.15, 0.2) is 0 Å². The Morgan fingerprint density at radius 3 is 2.33 bits per heavy atom. The van der Waals surface area contributed by atoms with Crippen LogP contribution in [0.2, 0.25) is 0 Å². The van der Waals surface area contributed by atoms with Crippen LogP contribution in [0.1, 0.15) is 63.8 Å². The summed E-state index contributed by atoms with van der Waals surface area (Å²) in [5.74, 6) is 0.329. The van der Waals surface area contributed by atoms with Crippen LogP contribution in [0.5, 0.6) is 0 Å². The highest BCUT2D eigenvalue weighted by Crippen LogP contribution is 2.28. The third kappa shape index (κ3) is 7.20. The maximum Gasteiger partial charge on any atom is 0.322 e. The maximum absolute atomic E-state index is 13.2. The summed E-state index contributed by atoms with van der Waals surface area (Å²) in [5.41, 5.74) is 4.53. The van der Waals surface area contributed by atoms with Crippen molar-refractivity contribution in [2.24, 2.45) is 0 Å². The summed E-state index contributed by atoms with van der Waals surface area (Å²) in [5, 5.41) is 10.8. The van der Waals surface area contributed by atoms with Crippen molar-refractivity contribution in [3.8, 4) is 5.69 Å². The number of nitrogens with one attached hydrogen (secondary N) is 2. The maximum atomic E-state index is 13.2. The summed E-state index contributed by atoms with van der Waals surface area (Å²) in [6, 6.07) is 17.1. The Hall–Kier alpha value is -3.61. The molecule has 0 aliphatic carbocycles. The summed E-state index contributed by atoms with van der Waals surface area (Å²) >= 11 is 0. The van der Waals surface area contributed by atoms with Crippen molar-refractivity contribution in [3.63, 3.8) is 0 Å².